The number of nitrogens with zero attached hydrogens (tertiary/aromatic N) is 2. The van der Waals surface area contributed by atoms with Crippen LogP contribution < -0.4 is 0 Å². The zero-order valence-corrected chi connectivity index (χ0v) is 11.1. The molecule has 2 heterocycles. The van der Waals surface area contributed by atoms with Crippen LogP contribution in [-0.4, -0.2) is 45.8 Å². The fraction of sp³-hybridized carbons (Fsp3) is 0.357. The summed E-state index contributed by atoms with van der Waals surface area (Å²) in [5.41, 5.74) is -1.30. The van der Waals surface area contributed by atoms with Crippen molar-refractivity contribution in [3.63, 3.8) is 0 Å². The first kappa shape index (κ1) is 13.5. The molecule has 0 spiro atoms. The van der Waals surface area contributed by atoms with E-state index in [0.717, 1.165) is 5.39 Å². The second-order valence-electron chi connectivity index (χ2n) is 5.14. The van der Waals surface area contributed by atoms with Gasteiger partial charge in [-0.3, -0.25) is 4.79 Å². The highest BCUT2D eigenvalue weighted by atomic mass is 19.1. The van der Waals surface area contributed by atoms with Crippen molar-refractivity contribution in [3.8, 4) is 0 Å². The van der Waals surface area contributed by atoms with E-state index < -0.39 is 18.2 Å². The molecule has 0 radical (unpaired) electrons. The molecule has 6 nitrogen and oxygen atoms in total. The molecule has 1 saturated heterocycles. The number of likely N-dealkylation sites (tertiary alicyclic amines) is 1. The number of aliphatic carboxylic acids is 1. The van der Waals surface area contributed by atoms with Gasteiger partial charge in [0.1, 0.15) is 5.69 Å². The summed E-state index contributed by atoms with van der Waals surface area (Å²) in [5.74, 6) is -1.88. The summed E-state index contributed by atoms with van der Waals surface area (Å²) in [4.78, 5) is 24.2. The smallest absolute Gasteiger partial charge is 0.343 e. The Morgan fingerprint density at radius 1 is 1.43 bits per heavy atom. The van der Waals surface area contributed by atoms with Crippen molar-refractivity contribution in [2.75, 3.05) is 13.1 Å². The number of halogens is 1. The van der Waals surface area contributed by atoms with Crippen LogP contribution in [0.5, 0.6) is 0 Å². The third-order valence-electron chi connectivity index (χ3n) is 3.73. The number of carboxylic acid groups (broad SMARTS) is 1. The zero-order chi connectivity index (χ0) is 15.0. The van der Waals surface area contributed by atoms with Gasteiger partial charge in [0.2, 0.25) is 11.6 Å². The molecule has 21 heavy (non-hydrogen) atoms. The van der Waals surface area contributed by atoms with Crippen LogP contribution in [0.25, 0.3) is 11.0 Å². The molecule has 1 aliphatic heterocycles. The van der Waals surface area contributed by atoms with Gasteiger partial charge in [-0.05, 0) is 12.1 Å². The van der Waals surface area contributed by atoms with Gasteiger partial charge in [0, 0.05) is 18.4 Å². The highest BCUT2D eigenvalue weighted by molar-refractivity contribution is 5.87. The molecule has 0 saturated carbocycles. The average Bonchev–Trinajstić information content (AvgIpc) is 3.05. The Labute approximate surface area is 119 Å². The van der Waals surface area contributed by atoms with Crippen LogP contribution in [0.3, 0.4) is 0 Å². The third kappa shape index (κ3) is 2.35. The molecule has 1 fully saturated rings. The summed E-state index contributed by atoms with van der Waals surface area (Å²) in [7, 11) is 0. The van der Waals surface area contributed by atoms with Crippen molar-refractivity contribution >= 4 is 22.8 Å². The minimum atomic E-state index is -2.35. The summed E-state index contributed by atoms with van der Waals surface area (Å²) in [5, 5.41) is 13.4. The molecule has 0 aliphatic carbocycles. The molecule has 7 heteroatoms. The summed E-state index contributed by atoms with van der Waals surface area (Å²) in [6, 6.07) is 7.13. The van der Waals surface area contributed by atoms with Crippen molar-refractivity contribution in [2.45, 2.75) is 18.5 Å². The van der Waals surface area contributed by atoms with Gasteiger partial charge in [0.15, 0.2) is 5.58 Å². The predicted octanol–water partition coefficient (Wildman–Crippen LogP) is 1.40. The number of aromatic nitrogens is 1. The molecule has 1 N–H and O–H groups in total. The van der Waals surface area contributed by atoms with E-state index in [4.69, 9.17) is 9.63 Å². The van der Waals surface area contributed by atoms with Crippen LogP contribution in [0.1, 0.15) is 12.1 Å². The number of hydrogen-bond donors (Lipinski definition) is 1. The summed E-state index contributed by atoms with van der Waals surface area (Å²) < 4.78 is 19.1. The molecule has 1 aliphatic rings. The molecule has 1 aromatic carbocycles. The fourth-order valence-electron chi connectivity index (χ4n) is 2.48. The van der Waals surface area contributed by atoms with Gasteiger partial charge in [-0.25, -0.2) is 9.18 Å². The molecular weight excluding hydrogens is 279 g/mol. The third-order valence-corrected chi connectivity index (χ3v) is 3.73. The Morgan fingerprint density at radius 3 is 2.90 bits per heavy atom. The predicted molar refractivity (Wildman–Crippen MR) is 70.4 cm³/mol. The monoisotopic (exact) mass is 292 g/mol. The standard InChI is InChI=1S/C14H13FN2O4/c15-14(13(19)20)5-6-17(8-14)12(18)7-10-9-3-1-2-4-11(9)21-16-10/h1-4H,5-8H2,(H,19,20). The maximum atomic E-state index is 13.9. The number of para-hydroxylation sites is 1. The maximum Gasteiger partial charge on any atom is 0.343 e. The Morgan fingerprint density at radius 2 is 2.19 bits per heavy atom. The molecule has 2 aromatic rings. The lowest BCUT2D eigenvalue weighted by Crippen LogP contribution is -2.39. The van der Waals surface area contributed by atoms with Crippen LogP contribution >= 0.6 is 0 Å². The zero-order valence-electron chi connectivity index (χ0n) is 11.1. The van der Waals surface area contributed by atoms with E-state index >= 15 is 0 Å². The lowest BCUT2D eigenvalue weighted by atomic mass is 10.1. The Balaban J connectivity index is 1.74. The van der Waals surface area contributed by atoms with E-state index in [1.165, 1.54) is 4.90 Å². The normalized spacial score (nSPS) is 21.9. The largest absolute Gasteiger partial charge is 0.479 e. The number of hydrogen-bond acceptors (Lipinski definition) is 4. The van der Waals surface area contributed by atoms with Gasteiger partial charge >= 0.3 is 5.97 Å². The van der Waals surface area contributed by atoms with E-state index in [-0.39, 0.29) is 25.3 Å². The van der Waals surface area contributed by atoms with Crippen LogP contribution in [0, 0.1) is 0 Å². The molecular formula is C14H13FN2O4. The summed E-state index contributed by atoms with van der Waals surface area (Å²) >= 11 is 0. The van der Waals surface area contributed by atoms with Crippen LogP contribution in [0.4, 0.5) is 4.39 Å². The second kappa shape index (κ2) is 4.83. The summed E-state index contributed by atoms with van der Waals surface area (Å²) in [6.45, 7) is -0.325. The first-order valence-corrected chi connectivity index (χ1v) is 6.53. The molecule has 0 bridgehead atoms. The highest BCUT2D eigenvalue weighted by Crippen LogP contribution is 2.27. The lowest BCUT2D eigenvalue weighted by Gasteiger charge is -2.17. The summed E-state index contributed by atoms with van der Waals surface area (Å²) in [6.07, 6.45) is -0.222. The van der Waals surface area contributed by atoms with Crippen LogP contribution in [0.2, 0.25) is 0 Å². The Kier molecular flexibility index (Phi) is 3.12. The van der Waals surface area contributed by atoms with Gasteiger partial charge in [-0.15, -0.1) is 0 Å². The van der Waals surface area contributed by atoms with Crippen molar-refractivity contribution in [3.05, 3.63) is 30.0 Å². The minimum Gasteiger partial charge on any atom is -0.479 e. The molecule has 3 rings (SSSR count). The number of alkyl halides is 1. The highest BCUT2D eigenvalue weighted by Gasteiger charge is 2.46. The van der Waals surface area contributed by atoms with Crippen molar-refractivity contribution in [2.24, 2.45) is 0 Å². The van der Waals surface area contributed by atoms with Gasteiger partial charge < -0.3 is 14.5 Å². The molecule has 1 atom stereocenters. The van der Waals surface area contributed by atoms with E-state index in [1.807, 2.05) is 0 Å². The topological polar surface area (TPSA) is 83.6 Å². The minimum absolute atomic E-state index is 0.0350. The fourth-order valence-corrected chi connectivity index (χ4v) is 2.48. The molecule has 1 aromatic heterocycles. The van der Waals surface area contributed by atoms with Crippen molar-refractivity contribution in [1.29, 1.82) is 0 Å². The molecule has 110 valence electrons. The first-order chi connectivity index (χ1) is 9.99. The number of carboxylic acids is 1. The van der Waals surface area contributed by atoms with E-state index in [1.54, 1.807) is 24.3 Å². The average molecular weight is 292 g/mol. The number of benzene rings is 1. The van der Waals surface area contributed by atoms with Gasteiger partial charge in [-0.2, -0.15) is 0 Å². The maximum absolute atomic E-state index is 13.9. The van der Waals surface area contributed by atoms with Crippen molar-refractivity contribution in [1.82, 2.24) is 10.1 Å². The van der Waals surface area contributed by atoms with Gasteiger partial charge in [-0.1, -0.05) is 17.3 Å². The van der Waals surface area contributed by atoms with Crippen molar-refractivity contribution < 1.29 is 23.6 Å². The Hall–Kier alpha value is -2.44. The van der Waals surface area contributed by atoms with E-state index in [2.05, 4.69) is 5.16 Å². The number of carbonyl (C=O) groups is 2. The number of rotatable bonds is 3. The molecule has 1 amide bonds. The lowest BCUT2D eigenvalue weighted by molar-refractivity contribution is -0.150. The first-order valence-electron chi connectivity index (χ1n) is 6.53. The number of amides is 1. The van der Waals surface area contributed by atoms with Gasteiger partial charge in [0.05, 0.1) is 13.0 Å². The second-order valence-corrected chi connectivity index (χ2v) is 5.14. The molecule has 1 unspecified atom stereocenters. The van der Waals surface area contributed by atoms with Crippen LogP contribution in [-0.2, 0) is 16.0 Å². The quantitative estimate of drug-likeness (QED) is 0.924. The number of fused-ring (bicyclic) bond motifs is 1. The SMILES string of the molecule is O=C(Cc1noc2ccccc12)N1CCC(F)(C(=O)O)C1. The number of carbonyl (C=O) groups excluding carboxylic acids is 1. The van der Waals surface area contributed by atoms with E-state index in [0.29, 0.717) is 11.3 Å². The van der Waals surface area contributed by atoms with Gasteiger partial charge in [0.25, 0.3) is 0 Å². The van der Waals surface area contributed by atoms with Crippen LogP contribution in [0.15, 0.2) is 28.8 Å². The van der Waals surface area contributed by atoms with E-state index in [9.17, 15) is 14.0 Å². The Bertz CT molecular complexity index is 714.